The highest BCUT2D eigenvalue weighted by Gasteiger charge is 2.32. The van der Waals surface area contributed by atoms with Crippen molar-refractivity contribution in [1.29, 1.82) is 0 Å². The molecule has 1 atom stereocenters. The number of pyridine rings is 1. The zero-order valence-corrected chi connectivity index (χ0v) is 12.8. The van der Waals surface area contributed by atoms with E-state index in [0.717, 1.165) is 6.42 Å². The predicted molar refractivity (Wildman–Crippen MR) is 79.2 cm³/mol. The van der Waals surface area contributed by atoms with E-state index in [2.05, 4.69) is 17.2 Å². The summed E-state index contributed by atoms with van der Waals surface area (Å²) >= 11 is 6.14. The second kappa shape index (κ2) is 5.97. The Kier molecular flexibility index (Phi) is 4.50. The molecule has 6 heteroatoms. The van der Waals surface area contributed by atoms with Crippen molar-refractivity contribution >= 4 is 23.3 Å². The van der Waals surface area contributed by atoms with Gasteiger partial charge in [-0.3, -0.25) is 4.98 Å². The number of urea groups is 1. The van der Waals surface area contributed by atoms with Crippen molar-refractivity contribution in [1.82, 2.24) is 9.88 Å². The van der Waals surface area contributed by atoms with E-state index < -0.39 is 0 Å². The van der Waals surface area contributed by atoms with E-state index in [9.17, 15) is 4.79 Å². The van der Waals surface area contributed by atoms with E-state index in [4.69, 9.17) is 16.3 Å². The number of carbonyl (C=O) groups is 1. The number of anilines is 1. The monoisotopic (exact) mass is 297 g/mol. The Labute approximate surface area is 124 Å². The Hall–Kier alpha value is -1.33. The zero-order valence-electron chi connectivity index (χ0n) is 12.1. The number of hydrogen-bond donors (Lipinski definition) is 1. The summed E-state index contributed by atoms with van der Waals surface area (Å²) < 4.78 is 5.73. The van der Waals surface area contributed by atoms with E-state index in [1.54, 1.807) is 24.1 Å². The number of amides is 2. The lowest BCUT2D eigenvalue weighted by Gasteiger charge is -2.39. The lowest BCUT2D eigenvalue weighted by atomic mass is 10.0. The van der Waals surface area contributed by atoms with Gasteiger partial charge in [-0.25, -0.2) is 4.79 Å². The lowest BCUT2D eigenvalue weighted by molar-refractivity contribution is -0.0860. The van der Waals surface area contributed by atoms with Crippen molar-refractivity contribution in [3.05, 3.63) is 23.0 Å². The van der Waals surface area contributed by atoms with Crippen LogP contribution in [0.4, 0.5) is 10.5 Å². The van der Waals surface area contributed by atoms with Crippen LogP contribution in [0, 0.1) is 6.92 Å². The average Bonchev–Trinajstić information content (AvgIpc) is 2.44. The summed E-state index contributed by atoms with van der Waals surface area (Å²) in [4.78, 5) is 18.2. The van der Waals surface area contributed by atoms with Gasteiger partial charge in [0.1, 0.15) is 0 Å². The number of nitrogens with zero attached hydrogens (tertiary/aromatic N) is 2. The summed E-state index contributed by atoms with van der Waals surface area (Å²) in [7, 11) is 0. The van der Waals surface area contributed by atoms with Crippen molar-refractivity contribution in [2.45, 2.75) is 32.8 Å². The first kappa shape index (κ1) is 15.1. The number of halogens is 1. The third-order valence-electron chi connectivity index (χ3n) is 3.68. The fourth-order valence-corrected chi connectivity index (χ4v) is 2.32. The zero-order chi connectivity index (χ0) is 14.8. The normalized spacial score (nSPS) is 22.7. The van der Waals surface area contributed by atoms with Crippen LogP contribution in [0.3, 0.4) is 0 Å². The molecule has 0 aromatic carbocycles. The first-order valence-corrected chi connectivity index (χ1v) is 7.14. The molecule has 0 unspecified atom stereocenters. The van der Waals surface area contributed by atoms with Gasteiger partial charge in [-0.2, -0.15) is 0 Å². The molecule has 1 aliphatic heterocycles. The van der Waals surface area contributed by atoms with Crippen LogP contribution in [0.2, 0.25) is 5.02 Å². The summed E-state index contributed by atoms with van der Waals surface area (Å²) in [6, 6.07) is 1.55. The van der Waals surface area contributed by atoms with Crippen LogP contribution in [0.25, 0.3) is 0 Å². The molecule has 1 aliphatic rings. The van der Waals surface area contributed by atoms with Crippen molar-refractivity contribution in [2.24, 2.45) is 0 Å². The smallest absolute Gasteiger partial charge is 0.322 e. The molecular formula is C14H20ClN3O2. The highest BCUT2D eigenvalue weighted by molar-refractivity contribution is 6.34. The molecule has 0 radical (unpaired) electrons. The molecule has 20 heavy (non-hydrogen) atoms. The average molecular weight is 298 g/mol. The molecule has 1 fully saturated rings. The second-order valence-electron chi connectivity index (χ2n) is 5.26. The molecule has 0 bridgehead atoms. The number of carbonyl (C=O) groups excluding carboxylic acids is 1. The number of aryl methyl sites for hydroxylation is 1. The van der Waals surface area contributed by atoms with E-state index >= 15 is 0 Å². The molecule has 5 nitrogen and oxygen atoms in total. The second-order valence-corrected chi connectivity index (χ2v) is 5.64. The number of rotatable bonds is 2. The Balaban J connectivity index is 2.06. The largest absolute Gasteiger partial charge is 0.372 e. The first-order valence-electron chi connectivity index (χ1n) is 6.76. The lowest BCUT2D eigenvalue weighted by Crippen LogP contribution is -2.53. The number of aromatic nitrogens is 1. The standard InChI is InChI=1S/C14H20ClN3O2/c1-4-14(3)9-18(7-8-20-14)13(19)17-11-5-6-16-10(2)12(11)15/h5-6H,4,7-9H2,1-3H3,(H,16,17,19)/t14-/m0/s1. The van der Waals surface area contributed by atoms with Crippen LogP contribution in [0.1, 0.15) is 26.0 Å². The van der Waals surface area contributed by atoms with Crippen LogP contribution in [0.5, 0.6) is 0 Å². The minimum absolute atomic E-state index is 0.152. The summed E-state index contributed by atoms with van der Waals surface area (Å²) in [6.45, 7) is 7.61. The van der Waals surface area contributed by atoms with Crippen LogP contribution in [-0.2, 0) is 4.74 Å². The molecule has 1 N–H and O–H groups in total. The van der Waals surface area contributed by atoms with Crippen molar-refractivity contribution in [2.75, 3.05) is 25.0 Å². The molecule has 2 heterocycles. The molecule has 0 saturated carbocycles. The van der Waals surface area contributed by atoms with E-state index in [-0.39, 0.29) is 11.6 Å². The fourth-order valence-electron chi connectivity index (χ4n) is 2.16. The van der Waals surface area contributed by atoms with Crippen LogP contribution in [-0.4, -0.2) is 41.2 Å². The molecule has 1 aromatic heterocycles. The number of ether oxygens (including phenoxy) is 1. The molecule has 110 valence electrons. The fraction of sp³-hybridized carbons (Fsp3) is 0.571. The van der Waals surface area contributed by atoms with E-state index in [1.807, 2.05) is 6.92 Å². The highest BCUT2D eigenvalue weighted by atomic mass is 35.5. The number of nitrogens with one attached hydrogen (secondary N) is 1. The minimum atomic E-state index is -0.270. The summed E-state index contributed by atoms with van der Waals surface area (Å²) in [5.41, 5.74) is 1.02. The maximum atomic E-state index is 12.3. The molecular weight excluding hydrogens is 278 g/mol. The van der Waals surface area contributed by atoms with Gasteiger partial charge in [0.15, 0.2) is 0 Å². The van der Waals surface area contributed by atoms with Gasteiger partial charge >= 0.3 is 6.03 Å². The molecule has 1 aromatic rings. The van der Waals surface area contributed by atoms with Crippen LogP contribution in [0.15, 0.2) is 12.3 Å². The van der Waals surface area contributed by atoms with Gasteiger partial charge in [-0.1, -0.05) is 18.5 Å². The molecule has 2 rings (SSSR count). The van der Waals surface area contributed by atoms with Gasteiger partial charge in [0.25, 0.3) is 0 Å². The van der Waals surface area contributed by atoms with Gasteiger partial charge in [-0.05, 0) is 26.3 Å². The van der Waals surface area contributed by atoms with Crippen molar-refractivity contribution in [3.63, 3.8) is 0 Å². The predicted octanol–water partition coefficient (Wildman–Crippen LogP) is 3.08. The van der Waals surface area contributed by atoms with Gasteiger partial charge in [0, 0.05) is 12.7 Å². The molecule has 1 saturated heterocycles. The Morgan fingerprint density at radius 1 is 1.65 bits per heavy atom. The topological polar surface area (TPSA) is 54.5 Å². The first-order chi connectivity index (χ1) is 9.45. The van der Waals surface area contributed by atoms with E-state index in [1.165, 1.54) is 0 Å². The Morgan fingerprint density at radius 3 is 3.10 bits per heavy atom. The molecule has 0 aliphatic carbocycles. The number of morpholine rings is 1. The summed E-state index contributed by atoms with van der Waals surface area (Å²) in [5.74, 6) is 0. The maximum absolute atomic E-state index is 12.3. The maximum Gasteiger partial charge on any atom is 0.322 e. The third-order valence-corrected chi connectivity index (χ3v) is 4.15. The minimum Gasteiger partial charge on any atom is -0.372 e. The van der Waals surface area contributed by atoms with Gasteiger partial charge < -0.3 is 15.0 Å². The van der Waals surface area contributed by atoms with Crippen LogP contribution < -0.4 is 5.32 Å². The van der Waals surface area contributed by atoms with E-state index in [0.29, 0.717) is 36.1 Å². The number of hydrogen-bond acceptors (Lipinski definition) is 3. The summed E-state index contributed by atoms with van der Waals surface area (Å²) in [5, 5.41) is 3.32. The third kappa shape index (κ3) is 3.22. The molecule has 2 amide bonds. The highest BCUT2D eigenvalue weighted by Crippen LogP contribution is 2.25. The van der Waals surface area contributed by atoms with Gasteiger partial charge in [0.2, 0.25) is 0 Å². The summed E-state index contributed by atoms with van der Waals surface area (Å²) in [6.07, 6.45) is 2.50. The van der Waals surface area contributed by atoms with Crippen LogP contribution >= 0.6 is 11.6 Å². The SMILES string of the molecule is CC[C@@]1(C)CN(C(=O)Nc2ccnc(C)c2Cl)CCO1. The Morgan fingerprint density at radius 2 is 2.40 bits per heavy atom. The molecule has 0 spiro atoms. The van der Waals surface area contributed by atoms with Crippen molar-refractivity contribution < 1.29 is 9.53 Å². The quantitative estimate of drug-likeness (QED) is 0.912. The Bertz CT molecular complexity index is 509. The van der Waals surface area contributed by atoms with Gasteiger partial charge in [-0.15, -0.1) is 0 Å². The van der Waals surface area contributed by atoms with Gasteiger partial charge in [0.05, 0.1) is 35.2 Å². The van der Waals surface area contributed by atoms with Crippen molar-refractivity contribution in [3.8, 4) is 0 Å².